The van der Waals surface area contributed by atoms with Crippen molar-refractivity contribution in [3.05, 3.63) is 374 Å². The molecular weight excluding hydrogens is 1980 g/mol. The Hall–Kier alpha value is -12.9. The number of benzene rings is 12. The summed E-state index contributed by atoms with van der Waals surface area (Å²) in [4.78, 5) is 121. The number of anilines is 8. The molecule has 4 aliphatic heterocycles. The molecule has 12 aromatic carbocycles. The number of rotatable bonds is 22. The third-order valence-electron chi connectivity index (χ3n) is 22.5. The highest BCUT2D eigenvalue weighted by atomic mass is 79.9. The minimum atomic E-state index is -4.56. The van der Waals surface area contributed by atoms with Gasteiger partial charge in [-0.2, -0.15) is 13.2 Å². The molecule has 4 unspecified atom stereocenters. The quantitative estimate of drug-likeness (QED) is 0.0322. The van der Waals surface area contributed by atoms with Gasteiger partial charge in [-0.25, -0.2) is 0 Å². The van der Waals surface area contributed by atoms with Crippen molar-refractivity contribution < 1.29 is 51.5 Å². The Morgan fingerprint density at radius 1 is 0.333 bits per heavy atom. The summed E-state index contributed by atoms with van der Waals surface area (Å²) in [6, 6.07) is 75.0. The molecule has 0 spiro atoms. The molecule has 0 aromatic heterocycles. The van der Waals surface area contributed by atoms with Gasteiger partial charge in [0.2, 0.25) is 47.3 Å². The van der Waals surface area contributed by atoms with Gasteiger partial charge in [0.25, 0.3) is 0 Å². The lowest BCUT2D eigenvalue weighted by atomic mass is 9.92. The van der Waals surface area contributed by atoms with E-state index in [2.05, 4.69) is 63.5 Å². The van der Waals surface area contributed by atoms with Crippen molar-refractivity contribution in [2.75, 3.05) is 42.5 Å². The fourth-order valence-corrected chi connectivity index (χ4v) is 17.5. The predicted octanol–water partition coefficient (Wildman–Crippen LogP) is 26.8. The Kier molecular flexibility index (Phi) is 35.2. The van der Waals surface area contributed by atoms with E-state index in [0.29, 0.717) is 155 Å². The molecule has 0 bridgehead atoms. The maximum absolute atomic E-state index is 13.6. The Morgan fingerprint density at radius 2 is 0.582 bits per heavy atom. The van der Waals surface area contributed by atoms with Gasteiger partial charge in [0, 0.05) is 153 Å². The molecule has 8 amide bonds. The summed E-state index contributed by atoms with van der Waals surface area (Å²) in [7, 11) is 0. The zero-order chi connectivity index (χ0) is 101. The number of halogens is 10. The third-order valence-corrected chi connectivity index (χ3v) is 25.0. The van der Waals surface area contributed by atoms with Crippen molar-refractivity contribution in [2.45, 2.75) is 151 Å². The number of amides is 8. The Balaban J connectivity index is 0.000000158. The molecule has 8 N–H and O–H groups in total. The van der Waals surface area contributed by atoms with Gasteiger partial charge < -0.3 is 42.5 Å². The first-order valence-corrected chi connectivity index (χ1v) is 48.8. The summed E-state index contributed by atoms with van der Waals surface area (Å²) in [5.74, 6) is -0.831. The molecule has 16 rings (SSSR count). The number of fused-ring (bicyclic) bond motifs is 4. The Bertz CT molecular complexity index is 6620. The summed E-state index contributed by atoms with van der Waals surface area (Å²) < 4.78 is 41.7. The molecule has 12 aromatic rings. The molecule has 726 valence electrons. The monoisotopic (exact) mass is 2080 g/mol. The lowest BCUT2D eigenvalue weighted by Crippen LogP contribution is -2.28. The van der Waals surface area contributed by atoms with Gasteiger partial charge >= 0.3 is 6.18 Å². The molecule has 0 fully saturated rings. The number of carbonyl (C=O) groups excluding carboxylic acids is 8. The number of aliphatic imine (C=N–C) groups is 4. The number of alkyl halides is 3. The van der Waals surface area contributed by atoms with Crippen LogP contribution in [0.25, 0.3) is 0 Å². The van der Waals surface area contributed by atoms with Crippen LogP contribution in [0.4, 0.5) is 58.7 Å². The Labute approximate surface area is 856 Å². The average molecular weight is 2080 g/mol. The van der Waals surface area contributed by atoms with Crippen molar-refractivity contribution in [1.29, 1.82) is 0 Å². The summed E-state index contributed by atoms with van der Waals surface area (Å²) in [5.41, 5.74) is 15.0. The molecule has 30 heteroatoms. The van der Waals surface area contributed by atoms with E-state index >= 15 is 0 Å². The first-order valence-electron chi connectivity index (χ1n) is 45.7. The number of nitrogens with one attached hydrogen (secondary N) is 8. The van der Waals surface area contributed by atoms with E-state index in [1.807, 2.05) is 209 Å². The number of benzodiazepines with no additional fused rings is 4. The van der Waals surface area contributed by atoms with Crippen LogP contribution in [-0.2, 0) is 70.2 Å². The van der Waals surface area contributed by atoms with Crippen molar-refractivity contribution in [2.24, 2.45) is 42.6 Å². The lowest BCUT2D eigenvalue weighted by molar-refractivity contribution is -0.138. The van der Waals surface area contributed by atoms with Crippen LogP contribution in [-0.4, -0.2) is 94.3 Å². The lowest BCUT2D eigenvalue weighted by Gasteiger charge is -2.17. The molecule has 4 heterocycles. The number of hydrogen-bond donors (Lipinski definition) is 8. The highest BCUT2D eigenvalue weighted by molar-refractivity contribution is 9.10. The second-order valence-corrected chi connectivity index (χ2v) is 41.0. The Morgan fingerprint density at radius 3 is 0.851 bits per heavy atom. The number of nitrogens with zero attached hydrogens (tertiary/aromatic N) is 4. The molecule has 0 aliphatic carbocycles. The average Bonchev–Trinajstić information content (AvgIpc) is 1.68. The zero-order valence-corrected chi connectivity index (χ0v) is 85.0. The topological polar surface area (TPSA) is 282 Å². The van der Waals surface area contributed by atoms with E-state index in [4.69, 9.17) is 84.6 Å². The maximum atomic E-state index is 13.6. The molecule has 0 saturated carbocycles. The van der Waals surface area contributed by atoms with E-state index in [1.165, 1.54) is 18.2 Å². The van der Waals surface area contributed by atoms with Crippen LogP contribution in [0.1, 0.15) is 167 Å². The standard InChI is InChI=1S/C28H27BrClN3O2.C28H27Cl2N3O2.C28H25ClF3N3O2.C27H25Cl2N3O2/c1-28(2,3)16-25(34)31-20-11-8-17(9-12-20)26-21-15-19(30)10-13-23(21)33-27(35)24(32-26)14-18-6-4-5-7-22(18)29;1-28(2,3)16-25(34)31-20-11-8-17(9-12-20)26-21-15-19(29)10-13-23(21)33-27(35)24(32-26)14-18-6-4-5-7-22(18)30;1-16(2)13-25(36)33-20-10-7-17(8-11-20)26-21-15-19(29)9-12-23(21)35-27(37)24(34-26)14-18-5-3-4-6-22(18)28(30,31)32;1-16(2)13-25(33)30-20-10-7-17(8-11-20)26-21-15-19(28)9-12-23(21)32-27(34)24(31-26)14-18-5-3-4-6-22(18)29/h2*4-13,15,24H,14,16H2,1-3H3,(H,31,34)(H,33,35);3-12,15-16,24H,13-14H2,1-2H3,(H,33,36)(H,35,37);3-12,15-16,24H,13-14H2,1-2H3,(H,30,33)(H,32,34). The van der Waals surface area contributed by atoms with Gasteiger partial charge in [0.15, 0.2) is 0 Å². The largest absolute Gasteiger partial charge is 0.416 e. The summed E-state index contributed by atoms with van der Waals surface area (Å²) in [6.45, 7) is 20.1. The first-order chi connectivity index (χ1) is 67.0. The van der Waals surface area contributed by atoms with E-state index < -0.39 is 41.8 Å². The normalized spacial score (nSPS) is 15.4. The van der Waals surface area contributed by atoms with Crippen molar-refractivity contribution in [3.8, 4) is 0 Å². The maximum Gasteiger partial charge on any atom is 0.416 e. The minimum Gasteiger partial charge on any atom is -0.326 e. The molecule has 0 saturated heterocycles. The van der Waals surface area contributed by atoms with Gasteiger partial charge in [-0.3, -0.25) is 58.3 Å². The van der Waals surface area contributed by atoms with Gasteiger partial charge in [-0.15, -0.1) is 0 Å². The van der Waals surface area contributed by atoms with Crippen LogP contribution in [0.2, 0.25) is 30.1 Å². The van der Waals surface area contributed by atoms with Crippen LogP contribution in [0, 0.1) is 22.7 Å². The summed E-state index contributed by atoms with van der Waals surface area (Å²) in [6.07, 6.45) is -1.94. The predicted molar refractivity (Wildman–Crippen MR) is 569 cm³/mol. The minimum absolute atomic E-state index is 0.0227. The van der Waals surface area contributed by atoms with E-state index in [9.17, 15) is 51.5 Å². The summed E-state index contributed by atoms with van der Waals surface area (Å²) >= 11 is 41.5. The zero-order valence-electron chi connectivity index (χ0n) is 78.9. The van der Waals surface area contributed by atoms with Crippen LogP contribution < -0.4 is 42.5 Å². The van der Waals surface area contributed by atoms with E-state index in [-0.39, 0.29) is 76.0 Å². The fraction of sp³-hybridized carbons (Fsp3) is 0.243. The second-order valence-electron chi connectivity index (χ2n) is 37.6. The van der Waals surface area contributed by atoms with E-state index in [0.717, 1.165) is 60.6 Å². The van der Waals surface area contributed by atoms with Crippen LogP contribution in [0.3, 0.4) is 0 Å². The van der Waals surface area contributed by atoms with Gasteiger partial charge in [0.1, 0.15) is 24.2 Å². The fourth-order valence-electron chi connectivity index (χ4n) is 15.9. The van der Waals surface area contributed by atoms with Gasteiger partial charge in [-0.1, -0.05) is 276 Å². The molecule has 4 aliphatic rings. The summed E-state index contributed by atoms with van der Waals surface area (Å²) in [5, 5.41) is 26.7. The number of hydrogen-bond acceptors (Lipinski definition) is 12. The van der Waals surface area contributed by atoms with E-state index in [1.54, 1.807) is 103 Å². The third kappa shape index (κ3) is 29.6. The second kappa shape index (κ2) is 47.1. The highest BCUT2D eigenvalue weighted by Gasteiger charge is 2.37. The van der Waals surface area contributed by atoms with Crippen LogP contribution in [0.5, 0.6) is 0 Å². The van der Waals surface area contributed by atoms with Crippen molar-refractivity contribution in [1.82, 2.24) is 0 Å². The van der Waals surface area contributed by atoms with Gasteiger partial charge in [-0.05, 0) is 191 Å². The SMILES string of the molecule is CC(C)(C)CC(=O)Nc1ccc(C2=NC(Cc3ccccc3Br)C(=O)Nc3ccc(Cl)cc32)cc1.CC(C)(C)CC(=O)Nc1ccc(C2=NC(Cc3ccccc3Cl)C(=O)Nc3ccc(Cl)cc32)cc1.CC(C)CC(=O)Nc1ccc(C2=NC(Cc3ccccc3C(F)(F)F)C(=O)Nc3ccc(Cl)cc32)cc1.CC(C)CC(=O)Nc1ccc(C2=NC(Cc3ccccc3Cl)C(=O)Nc3ccc(Cl)cc32)cc1. The molecule has 141 heavy (non-hydrogen) atoms. The molecule has 0 radical (unpaired) electrons. The molecule has 20 nitrogen and oxygen atoms in total. The van der Waals surface area contributed by atoms with Gasteiger partial charge in [0.05, 0.1) is 51.2 Å². The van der Waals surface area contributed by atoms with Crippen LogP contribution >= 0.6 is 85.5 Å². The van der Waals surface area contributed by atoms with Crippen molar-refractivity contribution in [3.63, 3.8) is 0 Å². The molecular formula is C111H104BrCl6F3N12O8. The smallest absolute Gasteiger partial charge is 0.326 e. The molecule has 4 atom stereocenters. The highest BCUT2D eigenvalue weighted by Crippen LogP contribution is 2.39. The van der Waals surface area contributed by atoms with Crippen molar-refractivity contribution >= 4 is 201 Å². The first kappa shape index (κ1) is 105. The number of carbonyl (C=O) groups is 8. The van der Waals surface area contributed by atoms with Crippen LogP contribution in [0.15, 0.2) is 291 Å².